The third-order valence-corrected chi connectivity index (χ3v) is 2.89. The molecule has 0 saturated heterocycles. The van der Waals surface area contributed by atoms with Crippen molar-refractivity contribution < 1.29 is 4.79 Å². The normalized spacial score (nSPS) is 11.3. The molecule has 0 unspecified atom stereocenters. The Labute approximate surface area is 122 Å². The zero-order valence-corrected chi connectivity index (χ0v) is 13.4. The van der Waals surface area contributed by atoms with Crippen LogP contribution in [0.3, 0.4) is 0 Å². The second kappa shape index (κ2) is 6.70. The van der Waals surface area contributed by atoms with Gasteiger partial charge in [-0.3, -0.25) is 4.79 Å². The number of likely N-dealkylation sites (N-methyl/N-ethyl adjacent to an activating group) is 2. The third-order valence-electron chi connectivity index (χ3n) is 2.89. The molecule has 5 heteroatoms. The number of hydrogen-bond acceptors (Lipinski definition) is 4. The predicted octanol–water partition coefficient (Wildman–Crippen LogP) is 1.49. The molecule has 0 aliphatic rings. The molecule has 1 heterocycles. The molecule has 5 nitrogen and oxygen atoms in total. The molecule has 1 N–H and O–H groups in total. The summed E-state index contributed by atoms with van der Waals surface area (Å²) < 4.78 is 0. The van der Waals surface area contributed by atoms with Crippen molar-refractivity contribution in [1.82, 2.24) is 15.2 Å². The number of anilines is 1. The van der Waals surface area contributed by atoms with E-state index >= 15 is 0 Å². The minimum Gasteiger partial charge on any atom is -0.350 e. The Morgan fingerprint density at radius 3 is 2.35 bits per heavy atom. The van der Waals surface area contributed by atoms with Gasteiger partial charge in [0, 0.05) is 39.4 Å². The highest BCUT2D eigenvalue weighted by Gasteiger charge is 2.11. The van der Waals surface area contributed by atoms with Crippen molar-refractivity contribution in [3.63, 3.8) is 0 Å². The van der Waals surface area contributed by atoms with Gasteiger partial charge in [-0.1, -0.05) is 6.07 Å². The third kappa shape index (κ3) is 5.57. The van der Waals surface area contributed by atoms with E-state index in [0.29, 0.717) is 6.54 Å². The molecule has 0 aromatic carbocycles. The summed E-state index contributed by atoms with van der Waals surface area (Å²) in [5, 5.41) is 3.42. The lowest BCUT2D eigenvalue weighted by atomic mass is 10.1. The van der Waals surface area contributed by atoms with Gasteiger partial charge in [-0.05, 0) is 32.4 Å². The molecule has 1 rings (SSSR count). The summed E-state index contributed by atoms with van der Waals surface area (Å²) in [6, 6.07) is 3.99. The number of nitrogens with one attached hydrogen (secondary N) is 1. The van der Waals surface area contributed by atoms with Crippen molar-refractivity contribution in [1.29, 1.82) is 0 Å². The standard InChI is InChI=1S/C15H26N4O/c1-15(2,3)17-10-12-7-8-13(16-9-12)19(6)11-14(20)18(4)5/h7-9,17H,10-11H2,1-6H3. The van der Waals surface area contributed by atoms with Gasteiger partial charge >= 0.3 is 0 Å². The second-order valence-corrected chi connectivity index (χ2v) is 6.27. The van der Waals surface area contributed by atoms with Gasteiger partial charge in [-0.25, -0.2) is 4.98 Å². The Balaban J connectivity index is 2.59. The number of pyridine rings is 1. The molecular formula is C15H26N4O. The summed E-state index contributed by atoms with van der Waals surface area (Å²) in [4.78, 5) is 19.5. The topological polar surface area (TPSA) is 48.5 Å². The van der Waals surface area contributed by atoms with Gasteiger partial charge in [0.15, 0.2) is 0 Å². The number of amides is 1. The number of hydrogen-bond donors (Lipinski definition) is 1. The molecule has 112 valence electrons. The van der Waals surface area contributed by atoms with Gasteiger partial charge in [0.2, 0.25) is 5.91 Å². The summed E-state index contributed by atoms with van der Waals surface area (Å²) in [5.41, 5.74) is 1.23. The van der Waals surface area contributed by atoms with E-state index in [4.69, 9.17) is 0 Å². The number of carbonyl (C=O) groups excluding carboxylic acids is 1. The Morgan fingerprint density at radius 1 is 1.25 bits per heavy atom. The van der Waals surface area contributed by atoms with Crippen LogP contribution in [-0.2, 0) is 11.3 Å². The van der Waals surface area contributed by atoms with Crippen LogP contribution in [0.1, 0.15) is 26.3 Å². The quantitative estimate of drug-likeness (QED) is 0.886. The van der Waals surface area contributed by atoms with Crippen molar-refractivity contribution >= 4 is 11.7 Å². The second-order valence-electron chi connectivity index (χ2n) is 6.27. The highest BCUT2D eigenvalue weighted by molar-refractivity contribution is 5.80. The Hall–Kier alpha value is -1.62. The largest absolute Gasteiger partial charge is 0.350 e. The van der Waals surface area contributed by atoms with Crippen molar-refractivity contribution in [2.45, 2.75) is 32.9 Å². The zero-order chi connectivity index (χ0) is 15.3. The number of aromatic nitrogens is 1. The van der Waals surface area contributed by atoms with Gasteiger partial charge in [0.05, 0.1) is 6.54 Å². The Bertz CT molecular complexity index is 434. The van der Waals surface area contributed by atoms with E-state index in [1.165, 1.54) is 0 Å². The minimum atomic E-state index is 0.0628. The van der Waals surface area contributed by atoms with Crippen LogP contribution in [0.25, 0.3) is 0 Å². The highest BCUT2D eigenvalue weighted by Crippen LogP contribution is 2.10. The lowest BCUT2D eigenvalue weighted by Gasteiger charge is -2.22. The van der Waals surface area contributed by atoms with Crippen LogP contribution in [0.2, 0.25) is 0 Å². The van der Waals surface area contributed by atoms with Crippen LogP contribution in [0, 0.1) is 0 Å². The maximum atomic E-state index is 11.7. The fourth-order valence-corrected chi connectivity index (χ4v) is 1.54. The molecule has 0 radical (unpaired) electrons. The Kier molecular flexibility index (Phi) is 5.51. The molecule has 20 heavy (non-hydrogen) atoms. The van der Waals surface area contributed by atoms with Gasteiger partial charge in [-0.2, -0.15) is 0 Å². The number of carbonyl (C=O) groups is 1. The predicted molar refractivity (Wildman–Crippen MR) is 82.8 cm³/mol. The smallest absolute Gasteiger partial charge is 0.241 e. The van der Waals surface area contributed by atoms with Crippen molar-refractivity contribution in [2.24, 2.45) is 0 Å². The molecule has 0 spiro atoms. The monoisotopic (exact) mass is 278 g/mol. The number of rotatable bonds is 5. The molecule has 1 aromatic heterocycles. The van der Waals surface area contributed by atoms with Gasteiger partial charge in [-0.15, -0.1) is 0 Å². The molecule has 0 saturated carbocycles. The molecule has 0 bridgehead atoms. The lowest BCUT2D eigenvalue weighted by Crippen LogP contribution is -2.35. The molecule has 1 amide bonds. The summed E-state index contributed by atoms with van der Waals surface area (Å²) in [7, 11) is 5.38. The molecule has 0 aliphatic heterocycles. The average Bonchev–Trinajstić information content (AvgIpc) is 2.35. The summed E-state index contributed by atoms with van der Waals surface area (Å²) in [6.45, 7) is 7.52. The van der Waals surface area contributed by atoms with E-state index in [1.54, 1.807) is 19.0 Å². The maximum absolute atomic E-state index is 11.7. The summed E-state index contributed by atoms with van der Waals surface area (Å²) in [6.07, 6.45) is 1.85. The van der Waals surface area contributed by atoms with Crippen molar-refractivity contribution in [3.8, 4) is 0 Å². The first kappa shape index (κ1) is 16.4. The van der Waals surface area contributed by atoms with E-state index in [2.05, 4.69) is 31.1 Å². The first-order valence-electron chi connectivity index (χ1n) is 6.80. The minimum absolute atomic E-state index is 0.0628. The number of nitrogens with zero attached hydrogens (tertiary/aromatic N) is 3. The van der Waals surface area contributed by atoms with Crippen LogP contribution >= 0.6 is 0 Å². The van der Waals surface area contributed by atoms with Gasteiger partial charge < -0.3 is 15.1 Å². The maximum Gasteiger partial charge on any atom is 0.241 e. The first-order chi connectivity index (χ1) is 9.19. The van der Waals surface area contributed by atoms with Gasteiger partial charge in [0.1, 0.15) is 5.82 Å². The van der Waals surface area contributed by atoms with E-state index in [1.807, 2.05) is 30.3 Å². The molecular weight excluding hydrogens is 252 g/mol. The van der Waals surface area contributed by atoms with Crippen molar-refractivity contribution in [2.75, 3.05) is 32.6 Å². The molecule has 0 atom stereocenters. The van der Waals surface area contributed by atoms with E-state index in [9.17, 15) is 4.79 Å². The molecule has 1 aromatic rings. The van der Waals surface area contributed by atoms with Crippen LogP contribution < -0.4 is 10.2 Å². The zero-order valence-electron chi connectivity index (χ0n) is 13.4. The van der Waals surface area contributed by atoms with E-state index < -0.39 is 0 Å². The van der Waals surface area contributed by atoms with Crippen LogP contribution in [-0.4, -0.2) is 49.0 Å². The average molecular weight is 278 g/mol. The van der Waals surface area contributed by atoms with E-state index in [0.717, 1.165) is 17.9 Å². The fraction of sp³-hybridized carbons (Fsp3) is 0.600. The van der Waals surface area contributed by atoms with Crippen LogP contribution in [0.4, 0.5) is 5.82 Å². The van der Waals surface area contributed by atoms with Crippen molar-refractivity contribution in [3.05, 3.63) is 23.9 Å². The van der Waals surface area contributed by atoms with E-state index in [-0.39, 0.29) is 11.4 Å². The van der Waals surface area contributed by atoms with Crippen LogP contribution in [0.15, 0.2) is 18.3 Å². The SMILES string of the molecule is CN(C)C(=O)CN(C)c1ccc(CNC(C)(C)C)cn1. The highest BCUT2D eigenvalue weighted by atomic mass is 16.2. The first-order valence-corrected chi connectivity index (χ1v) is 6.80. The Morgan fingerprint density at radius 2 is 1.90 bits per heavy atom. The molecule has 0 aliphatic carbocycles. The lowest BCUT2D eigenvalue weighted by molar-refractivity contribution is -0.127. The summed E-state index contributed by atoms with van der Waals surface area (Å²) >= 11 is 0. The fourth-order valence-electron chi connectivity index (χ4n) is 1.54. The molecule has 0 fully saturated rings. The van der Waals surface area contributed by atoms with Gasteiger partial charge in [0.25, 0.3) is 0 Å². The summed E-state index contributed by atoms with van der Waals surface area (Å²) in [5.74, 6) is 0.868. The van der Waals surface area contributed by atoms with Crippen LogP contribution in [0.5, 0.6) is 0 Å².